The predicted molar refractivity (Wildman–Crippen MR) is 104 cm³/mol. The highest BCUT2D eigenvalue weighted by molar-refractivity contribution is 7.86. The zero-order valence-electron chi connectivity index (χ0n) is 14.8. The molecule has 1 aliphatic rings. The van der Waals surface area contributed by atoms with Crippen LogP contribution in [0.4, 0.5) is 0 Å². The first kappa shape index (κ1) is 17.4. The molecule has 1 N–H and O–H groups in total. The normalized spacial score (nSPS) is 20.2. The van der Waals surface area contributed by atoms with Gasteiger partial charge in [0, 0.05) is 4.90 Å². The van der Waals surface area contributed by atoms with Crippen molar-refractivity contribution < 1.29 is 4.21 Å². The van der Waals surface area contributed by atoms with Crippen molar-refractivity contribution >= 4 is 27.6 Å². The number of unbranched alkanes of at least 4 members (excludes halogenated alkanes) is 2. The molecular weight excluding hydrogens is 314 g/mol. The maximum Gasteiger partial charge on any atom is 0.110 e. The first-order valence-corrected chi connectivity index (χ1v) is 10.2. The second-order valence-corrected chi connectivity index (χ2v) is 8.38. The molecule has 2 nitrogen and oxygen atoms in total. The van der Waals surface area contributed by atoms with Gasteiger partial charge in [0.05, 0.1) is 10.8 Å². The highest BCUT2D eigenvalue weighted by Gasteiger charge is 2.29. The average molecular weight is 342 g/mol. The van der Waals surface area contributed by atoms with Gasteiger partial charge in [-0.3, -0.25) is 9.53 Å². The highest BCUT2D eigenvalue weighted by Crippen LogP contribution is 2.34. The van der Waals surface area contributed by atoms with Crippen LogP contribution in [0.25, 0.3) is 16.8 Å². The van der Waals surface area contributed by atoms with E-state index < -0.39 is 10.8 Å². The topological polar surface area (TPSA) is 29.1 Å². The Kier molecular flexibility index (Phi) is 5.52. The van der Waals surface area contributed by atoms with Gasteiger partial charge in [-0.25, -0.2) is 0 Å². The lowest BCUT2D eigenvalue weighted by Gasteiger charge is -2.29. The summed E-state index contributed by atoms with van der Waals surface area (Å²) in [5, 5.41) is 5.87. The Balaban J connectivity index is 1.97. The first-order chi connectivity index (χ1) is 11.6. The van der Waals surface area contributed by atoms with Gasteiger partial charge in [0.25, 0.3) is 0 Å². The van der Waals surface area contributed by atoms with Crippen molar-refractivity contribution in [3.05, 3.63) is 47.5 Å². The van der Waals surface area contributed by atoms with Crippen LogP contribution in [-0.2, 0) is 10.8 Å². The lowest BCUT2D eigenvalue weighted by atomic mass is 9.97. The summed E-state index contributed by atoms with van der Waals surface area (Å²) < 4.78 is 13.2. The molecule has 24 heavy (non-hydrogen) atoms. The van der Waals surface area contributed by atoms with Gasteiger partial charge < -0.3 is 0 Å². The minimum atomic E-state index is -1.04. The largest absolute Gasteiger partial charge is 0.299 e. The van der Waals surface area contributed by atoms with Crippen molar-refractivity contribution in [2.75, 3.05) is 6.54 Å². The molecule has 0 aromatic heterocycles. The van der Waals surface area contributed by atoms with E-state index in [-0.39, 0.29) is 5.37 Å². The van der Waals surface area contributed by atoms with E-state index in [9.17, 15) is 4.21 Å². The van der Waals surface area contributed by atoms with Gasteiger partial charge in [-0.1, -0.05) is 64.0 Å². The Labute approximate surface area is 147 Å². The van der Waals surface area contributed by atoms with E-state index in [4.69, 9.17) is 0 Å². The molecule has 0 amide bonds. The molecule has 3 rings (SSSR count). The summed E-state index contributed by atoms with van der Waals surface area (Å²) in [6.07, 6.45) is 5.82. The SMILES string of the molecule is CCCCCNC1C(C(C)C)=Cc2cc3ccccc3cc2S1=O. The number of benzene rings is 2. The Morgan fingerprint density at radius 1 is 1.12 bits per heavy atom. The molecule has 2 unspecified atom stereocenters. The van der Waals surface area contributed by atoms with E-state index in [0.29, 0.717) is 5.92 Å². The van der Waals surface area contributed by atoms with Crippen molar-refractivity contribution in [2.24, 2.45) is 5.92 Å². The maximum atomic E-state index is 13.2. The van der Waals surface area contributed by atoms with E-state index in [1.165, 1.54) is 23.8 Å². The molecule has 2 aromatic rings. The average Bonchev–Trinajstić information content (AvgIpc) is 2.58. The van der Waals surface area contributed by atoms with Crippen molar-refractivity contribution in [2.45, 2.75) is 50.3 Å². The summed E-state index contributed by atoms with van der Waals surface area (Å²) in [7, 11) is -1.04. The fourth-order valence-corrected chi connectivity index (χ4v) is 5.00. The van der Waals surface area contributed by atoms with Gasteiger partial charge in [-0.15, -0.1) is 0 Å². The van der Waals surface area contributed by atoms with Crippen LogP contribution >= 0.6 is 0 Å². The molecule has 128 valence electrons. The molecular formula is C21H27NOS. The second kappa shape index (κ2) is 7.62. The summed E-state index contributed by atoms with van der Waals surface area (Å²) in [4.78, 5) is 0.964. The molecule has 1 aliphatic heterocycles. The van der Waals surface area contributed by atoms with Crippen LogP contribution in [0.5, 0.6) is 0 Å². The Bertz CT molecular complexity index is 779. The highest BCUT2D eigenvalue weighted by atomic mass is 32.2. The van der Waals surface area contributed by atoms with Crippen molar-refractivity contribution in [1.82, 2.24) is 5.32 Å². The molecule has 0 bridgehead atoms. The number of hydrogen-bond donors (Lipinski definition) is 1. The van der Waals surface area contributed by atoms with Gasteiger partial charge in [0.2, 0.25) is 0 Å². The fourth-order valence-electron chi connectivity index (χ4n) is 3.30. The summed E-state index contributed by atoms with van der Waals surface area (Å²) in [6, 6.07) is 12.6. The zero-order chi connectivity index (χ0) is 17.1. The fraction of sp³-hybridized carbons (Fsp3) is 0.429. The third kappa shape index (κ3) is 3.47. The van der Waals surface area contributed by atoms with Gasteiger partial charge in [-0.05, 0) is 52.9 Å². The summed E-state index contributed by atoms with van der Waals surface area (Å²) in [6.45, 7) is 7.52. The van der Waals surface area contributed by atoms with Crippen molar-refractivity contribution in [1.29, 1.82) is 0 Å². The van der Waals surface area contributed by atoms with Gasteiger partial charge in [0.1, 0.15) is 5.37 Å². The molecule has 0 saturated carbocycles. The van der Waals surface area contributed by atoms with Crippen LogP contribution in [0.15, 0.2) is 46.9 Å². The molecule has 2 aromatic carbocycles. The maximum absolute atomic E-state index is 13.2. The van der Waals surface area contributed by atoms with E-state index in [2.05, 4.69) is 62.5 Å². The van der Waals surface area contributed by atoms with E-state index >= 15 is 0 Å². The van der Waals surface area contributed by atoms with Gasteiger partial charge in [0.15, 0.2) is 0 Å². The first-order valence-electron chi connectivity index (χ1n) is 9.00. The predicted octanol–water partition coefficient (Wildman–Crippen LogP) is 5.11. The lowest BCUT2D eigenvalue weighted by molar-refractivity contribution is 0.576. The van der Waals surface area contributed by atoms with Gasteiger partial charge >= 0.3 is 0 Å². The number of fused-ring (bicyclic) bond motifs is 2. The molecule has 0 radical (unpaired) electrons. The third-order valence-corrected chi connectivity index (χ3v) is 6.36. The van der Waals surface area contributed by atoms with Crippen LogP contribution in [0, 0.1) is 5.92 Å². The minimum absolute atomic E-state index is 0.0597. The summed E-state index contributed by atoms with van der Waals surface area (Å²) >= 11 is 0. The molecule has 0 fully saturated rings. The second-order valence-electron chi connectivity index (χ2n) is 6.87. The standard InChI is InChI=1S/C21H27NOS/c1-4-5-8-11-22-21-19(15(2)3)13-18-12-16-9-6-7-10-17(16)14-20(18)24(21)23/h6-7,9-10,12-15,21-22H,4-5,8,11H2,1-3H3. The third-order valence-electron chi connectivity index (χ3n) is 4.71. The summed E-state index contributed by atoms with van der Waals surface area (Å²) in [5.74, 6) is 0.386. The van der Waals surface area contributed by atoms with Crippen LogP contribution < -0.4 is 5.32 Å². The molecule has 0 saturated heterocycles. The Hall–Kier alpha value is -1.45. The number of hydrogen-bond acceptors (Lipinski definition) is 2. The smallest absolute Gasteiger partial charge is 0.110 e. The molecule has 1 heterocycles. The Morgan fingerprint density at radius 3 is 2.50 bits per heavy atom. The molecule has 2 atom stereocenters. The minimum Gasteiger partial charge on any atom is -0.299 e. The molecule has 3 heteroatoms. The van der Waals surface area contributed by atoms with Crippen molar-refractivity contribution in [3.63, 3.8) is 0 Å². The van der Waals surface area contributed by atoms with E-state index in [1.807, 2.05) is 6.07 Å². The Morgan fingerprint density at radius 2 is 1.83 bits per heavy atom. The zero-order valence-corrected chi connectivity index (χ0v) is 15.7. The van der Waals surface area contributed by atoms with Gasteiger partial charge in [-0.2, -0.15) is 0 Å². The van der Waals surface area contributed by atoms with Crippen LogP contribution in [0.3, 0.4) is 0 Å². The quantitative estimate of drug-likeness (QED) is 0.740. The van der Waals surface area contributed by atoms with Crippen LogP contribution in [0.2, 0.25) is 0 Å². The van der Waals surface area contributed by atoms with E-state index in [1.54, 1.807) is 0 Å². The lowest BCUT2D eigenvalue weighted by Crippen LogP contribution is -2.39. The number of rotatable bonds is 6. The van der Waals surface area contributed by atoms with Crippen LogP contribution in [0.1, 0.15) is 45.6 Å². The molecule has 0 aliphatic carbocycles. The number of nitrogens with one attached hydrogen (secondary N) is 1. The summed E-state index contributed by atoms with van der Waals surface area (Å²) in [5.41, 5.74) is 2.37. The monoisotopic (exact) mass is 341 g/mol. The molecule has 0 spiro atoms. The van der Waals surface area contributed by atoms with Crippen molar-refractivity contribution in [3.8, 4) is 0 Å². The van der Waals surface area contributed by atoms with E-state index in [0.717, 1.165) is 28.8 Å². The van der Waals surface area contributed by atoms with Crippen LogP contribution in [-0.4, -0.2) is 16.1 Å².